The van der Waals surface area contributed by atoms with Gasteiger partial charge in [-0.2, -0.15) is 5.10 Å². The highest BCUT2D eigenvalue weighted by Crippen LogP contribution is 2.26. The zero-order valence-corrected chi connectivity index (χ0v) is 16.3. The predicted molar refractivity (Wildman–Crippen MR) is 104 cm³/mol. The number of fused-ring (bicyclic) bond motifs is 1. The quantitative estimate of drug-likeness (QED) is 0.773. The fraction of sp³-hybridized carbons (Fsp3) is 0.400. The molecule has 0 saturated carbocycles. The molecule has 1 aliphatic heterocycles. The van der Waals surface area contributed by atoms with Gasteiger partial charge in [0.05, 0.1) is 24.4 Å². The topological polar surface area (TPSA) is 93.5 Å². The van der Waals surface area contributed by atoms with Crippen LogP contribution in [0.3, 0.4) is 0 Å². The molecule has 0 unspecified atom stereocenters. The summed E-state index contributed by atoms with van der Waals surface area (Å²) in [5, 5.41) is 7.20. The Morgan fingerprint density at radius 3 is 2.79 bits per heavy atom. The second-order valence-corrected chi connectivity index (χ2v) is 6.60. The molecule has 0 bridgehead atoms. The van der Waals surface area contributed by atoms with Crippen molar-refractivity contribution >= 4 is 29.3 Å². The lowest BCUT2D eigenvalue weighted by atomic mass is 10.1. The molecule has 2 amide bonds. The number of esters is 1. The van der Waals surface area contributed by atoms with Crippen molar-refractivity contribution in [3.63, 3.8) is 0 Å². The highest BCUT2D eigenvalue weighted by Gasteiger charge is 2.34. The molecule has 1 aromatic heterocycles. The molecule has 28 heavy (non-hydrogen) atoms. The van der Waals surface area contributed by atoms with Crippen molar-refractivity contribution in [3.05, 3.63) is 41.6 Å². The van der Waals surface area contributed by atoms with Gasteiger partial charge in [-0.05, 0) is 38.5 Å². The van der Waals surface area contributed by atoms with Crippen molar-refractivity contribution < 1.29 is 19.1 Å². The number of aryl methyl sites for hydroxylation is 2. The van der Waals surface area contributed by atoms with Crippen molar-refractivity contribution in [2.24, 2.45) is 0 Å². The molecule has 1 atom stereocenters. The van der Waals surface area contributed by atoms with Gasteiger partial charge in [0.15, 0.2) is 0 Å². The second-order valence-electron chi connectivity index (χ2n) is 6.60. The number of carbonyl (C=O) groups is 3. The third-order valence-corrected chi connectivity index (χ3v) is 4.58. The summed E-state index contributed by atoms with van der Waals surface area (Å²) >= 11 is 0. The van der Waals surface area contributed by atoms with Crippen molar-refractivity contribution in [3.8, 4) is 0 Å². The smallest absolute Gasteiger partial charge is 0.338 e. The van der Waals surface area contributed by atoms with E-state index in [0.29, 0.717) is 36.5 Å². The Morgan fingerprint density at radius 2 is 2.07 bits per heavy atom. The fourth-order valence-corrected chi connectivity index (χ4v) is 3.32. The lowest BCUT2D eigenvalue weighted by Gasteiger charge is -2.33. The fourth-order valence-electron chi connectivity index (χ4n) is 3.32. The first-order valence-electron chi connectivity index (χ1n) is 9.39. The standard InChI is InChI=1S/C20H24N4O4/c1-4-16(24-17-11-13(3)22-23(17)10-9-18(24)25)19(26)21-15-8-6-7-14(12-15)20(27)28-5-2/h6-8,11-12,16H,4-5,9-10H2,1-3H3,(H,21,26)/t16-/m1/s1. The molecular formula is C20H24N4O4. The summed E-state index contributed by atoms with van der Waals surface area (Å²) in [6.07, 6.45) is 0.746. The molecule has 1 aliphatic rings. The van der Waals surface area contributed by atoms with Gasteiger partial charge >= 0.3 is 5.97 Å². The number of nitrogens with zero attached hydrogens (tertiary/aromatic N) is 3. The number of amides is 2. The van der Waals surface area contributed by atoms with Crippen LogP contribution in [0.25, 0.3) is 0 Å². The van der Waals surface area contributed by atoms with Crippen LogP contribution >= 0.6 is 0 Å². The van der Waals surface area contributed by atoms with E-state index >= 15 is 0 Å². The highest BCUT2D eigenvalue weighted by atomic mass is 16.5. The Kier molecular flexibility index (Phi) is 5.77. The van der Waals surface area contributed by atoms with Crippen LogP contribution < -0.4 is 10.2 Å². The molecule has 1 aromatic carbocycles. The van der Waals surface area contributed by atoms with E-state index in [4.69, 9.17) is 4.74 Å². The van der Waals surface area contributed by atoms with Crippen molar-refractivity contribution in [1.82, 2.24) is 9.78 Å². The van der Waals surface area contributed by atoms with Gasteiger partial charge in [0.2, 0.25) is 11.8 Å². The van der Waals surface area contributed by atoms with Gasteiger partial charge < -0.3 is 10.1 Å². The average Bonchev–Trinajstić information content (AvgIpc) is 3.05. The first-order valence-corrected chi connectivity index (χ1v) is 9.39. The maximum absolute atomic E-state index is 13.0. The summed E-state index contributed by atoms with van der Waals surface area (Å²) in [6.45, 7) is 6.23. The molecule has 0 aliphatic carbocycles. The van der Waals surface area contributed by atoms with Crippen LogP contribution in [0, 0.1) is 6.92 Å². The summed E-state index contributed by atoms with van der Waals surface area (Å²) in [5.74, 6) is -0.230. The predicted octanol–water partition coefficient (Wildman–Crippen LogP) is 2.52. The normalized spacial score (nSPS) is 14.4. The Labute approximate surface area is 163 Å². The van der Waals surface area contributed by atoms with Crippen LogP contribution in [-0.2, 0) is 20.9 Å². The van der Waals surface area contributed by atoms with E-state index < -0.39 is 12.0 Å². The molecule has 8 heteroatoms. The molecule has 0 spiro atoms. The SMILES string of the molecule is CCOC(=O)c1cccc(NC(=O)[C@@H](CC)N2C(=O)CCn3nc(C)cc32)c1. The van der Waals surface area contributed by atoms with Gasteiger partial charge in [-0.15, -0.1) is 0 Å². The summed E-state index contributed by atoms with van der Waals surface area (Å²) in [4.78, 5) is 39.0. The van der Waals surface area contributed by atoms with E-state index in [-0.39, 0.29) is 18.4 Å². The summed E-state index contributed by atoms with van der Waals surface area (Å²) in [7, 11) is 0. The maximum Gasteiger partial charge on any atom is 0.338 e. The van der Waals surface area contributed by atoms with Crippen molar-refractivity contribution in [1.29, 1.82) is 0 Å². The van der Waals surface area contributed by atoms with E-state index in [9.17, 15) is 14.4 Å². The number of aromatic nitrogens is 2. The third-order valence-electron chi connectivity index (χ3n) is 4.58. The molecule has 3 rings (SSSR count). The van der Waals surface area contributed by atoms with E-state index in [0.717, 1.165) is 5.69 Å². The maximum atomic E-state index is 13.0. The monoisotopic (exact) mass is 384 g/mol. The number of nitrogens with one attached hydrogen (secondary N) is 1. The number of hydrogen-bond donors (Lipinski definition) is 1. The molecule has 0 saturated heterocycles. The minimum Gasteiger partial charge on any atom is -0.462 e. The van der Waals surface area contributed by atoms with Gasteiger partial charge in [-0.25, -0.2) is 9.48 Å². The average molecular weight is 384 g/mol. The summed E-state index contributed by atoms with van der Waals surface area (Å²) in [5.41, 5.74) is 1.63. The van der Waals surface area contributed by atoms with Crippen LogP contribution in [0.5, 0.6) is 0 Å². The van der Waals surface area contributed by atoms with E-state index in [1.54, 1.807) is 35.9 Å². The lowest BCUT2D eigenvalue weighted by Crippen LogP contribution is -2.50. The Bertz CT molecular complexity index is 905. The number of hydrogen-bond acceptors (Lipinski definition) is 5. The van der Waals surface area contributed by atoms with Gasteiger partial charge in [0.25, 0.3) is 0 Å². The number of ether oxygens (including phenoxy) is 1. The highest BCUT2D eigenvalue weighted by molar-refractivity contribution is 6.05. The third kappa shape index (κ3) is 3.90. The lowest BCUT2D eigenvalue weighted by molar-refractivity contribution is -0.124. The van der Waals surface area contributed by atoms with Gasteiger partial charge in [0, 0.05) is 18.2 Å². The molecule has 2 heterocycles. The van der Waals surface area contributed by atoms with Crippen LogP contribution in [0.15, 0.2) is 30.3 Å². The second kappa shape index (κ2) is 8.24. The van der Waals surface area contributed by atoms with Crippen LogP contribution in [0.2, 0.25) is 0 Å². The number of rotatable bonds is 6. The molecule has 0 radical (unpaired) electrons. The molecular weight excluding hydrogens is 360 g/mol. The van der Waals surface area contributed by atoms with Gasteiger partial charge in [0.1, 0.15) is 11.9 Å². The van der Waals surface area contributed by atoms with Crippen LogP contribution in [-0.4, -0.2) is 40.2 Å². The van der Waals surface area contributed by atoms with Gasteiger partial charge in [-0.1, -0.05) is 13.0 Å². The first-order chi connectivity index (χ1) is 13.4. The zero-order valence-electron chi connectivity index (χ0n) is 16.3. The number of carbonyl (C=O) groups excluding carboxylic acids is 3. The summed E-state index contributed by atoms with van der Waals surface area (Å²) < 4.78 is 6.75. The van der Waals surface area contributed by atoms with E-state index in [2.05, 4.69) is 10.4 Å². The molecule has 148 valence electrons. The molecule has 8 nitrogen and oxygen atoms in total. The van der Waals surface area contributed by atoms with Crippen LogP contribution in [0.4, 0.5) is 11.5 Å². The van der Waals surface area contributed by atoms with E-state index in [1.807, 2.05) is 19.9 Å². The Morgan fingerprint density at radius 1 is 1.29 bits per heavy atom. The summed E-state index contributed by atoms with van der Waals surface area (Å²) in [6, 6.07) is 7.70. The van der Waals surface area contributed by atoms with Crippen molar-refractivity contribution in [2.45, 2.75) is 46.2 Å². The van der Waals surface area contributed by atoms with Gasteiger partial charge in [-0.3, -0.25) is 14.5 Å². The zero-order chi connectivity index (χ0) is 20.3. The van der Waals surface area contributed by atoms with E-state index in [1.165, 1.54) is 4.90 Å². The Balaban J connectivity index is 1.82. The Hall–Kier alpha value is -3.16. The number of anilines is 2. The minimum absolute atomic E-state index is 0.102. The van der Waals surface area contributed by atoms with Crippen LogP contribution in [0.1, 0.15) is 42.7 Å². The minimum atomic E-state index is -0.672. The number of benzene rings is 1. The molecule has 2 aromatic rings. The molecule has 0 fully saturated rings. The largest absolute Gasteiger partial charge is 0.462 e. The first kappa shape index (κ1) is 19.6. The molecule has 1 N–H and O–H groups in total. The van der Waals surface area contributed by atoms with Crippen molar-refractivity contribution in [2.75, 3.05) is 16.8 Å².